The highest BCUT2D eigenvalue weighted by Gasteiger charge is 2.40. The molecule has 140 valence electrons. The molecule has 5 heteroatoms. The number of ether oxygens (including phenoxy) is 3. The molecule has 2 heterocycles. The number of hydrogen-bond acceptors (Lipinski definition) is 5. The quantitative estimate of drug-likeness (QED) is 0.856. The standard InChI is InChI=1S/C20H31NO4/c1-23-18-5-3-4-17(19(18)24-2)15-21-10-8-20(9-11-21)14-16(6-12-22)7-13-25-20/h3-5,16,22H,6-15H2,1-2H3. The molecule has 1 spiro atoms. The van der Waals surface area contributed by atoms with E-state index in [9.17, 15) is 5.11 Å². The first-order valence-corrected chi connectivity index (χ1v) is 9.37. The van der Waals surface area contributed by atoms with Crippen molar-refractivity contribution in [2.24, 2.45) is 5.92 Å². The van der Waals surface area contributed by atoms with E-state index in [1.165, 1.54) is 5.56 Å². The van der Waals surface area contributed by atoms with Crippen molar-refractivity contribution in [2.75, 3.05) is 40.5 Å². The largest absolute Gasteiger partial charge is 0.493 e. The zero-order chi connectivity index (χ0) is 17.7. The van der Waals surface area contributed by atoms with Crippen molar-refractivity contribution < 1.29 is 19.3 Å². The summed E-state index contributed by atoms with van der Waals surface area (Å²) < 4.78 is 17.2. The Kier molecular flexibility index (Phi) is 6.20. The summed E-state index contributed by atoms with van der Waals surface area (Å²) in [5.74, 6) is 2.24. The van der Waals surface area contributed by atoms with Crippen molar-refractivity contribution in [1.29, 1.82) is 0 Å². The summed E-state index contributed by atoms with van der Waals surface area (Å²) in [5.41, 5.74) is 1.20. The summed E-state index contributed by atoms with van der Waals surface area (Å²) in [4.78, 5) is 2.47. The Hall–Kier alpha value is -1.30. The Balaban J connectivity index is 1.60. The van der Waals surface area contributed by atoms with Gasteiger partial charge in [0.1, 0.15) is 0 Å². The summed E-state index contributed by atoms with van der Waals surface area (Å²) in [6.07, 6.45) is 5.25. The smallest absolute Gasteiger partial charge is 0.165 e. The van der Waals surface area contributed by atoms with E-state index in [0.29, 0.717) is 12.5 Å². The topological polar surface area (TPSA) is 51.2 Å². The lowest BCUT2D eigenvalue weighted by atomic mass is 9.78. The molecule has 1 atom stereocenters. The number of aliphatic hydroxyl groups excluding tert-OH is 1. The highest BCUT2D eigenvalue weighted by Crippen LogP contribution is 2.39. The fourth-order valence-corrected chi connectivity index (χ4v) is 4.34. The number of rotatable bonds is 6. The number of benzene rings is 1. The minimum atomic E-state index is 0.0348. The van der Waals surface area contributed by atoms with Crippen LogP contribution in [0.5, 0.6) is 11.5 Å². The van der Waals surface area contributed by atoms with Crippen LogP contribution in [0.15, 0.2) is 18.2 Å². The van der Waals surface area contributed by atoms with Crippen LogP contribution < -0.4 is 9.47 Å². The first-order valence-electron chi connectivity index (χ1n) is 9.37. The maximum absolute atomic E-state index is 9.23. The second-order valence-corrected chi connectivity index (χ2v) is 7.33. The lowest BCUT2D eigenvalue weighted by molar-refractivity contribution is -0.129. The van der Waals surface area contributed by atoms with E-state index in [4.69, 9.17) is 14.2 Å². The first-order chi connectivity index (χ1) is 12.2. The predicted octanol–water partition coefficient (Wildman–Crippen LogP) is 2.85. The number of nitrogens with zero attached hydrogens (tertiary/aromatic N) is 1. The maximum Gasteiger partial charge on any atom is 0.165 e. The second kappa shape index (κ2) is 8.39. The zero-order valence-corrected chi connectivity index (χ0v) is 15.5. The van der Waals surface area contributed by atoms with Gasteiger partial charge in [0.2, 0.25) is 0 Å². The monoisotopic (exact) mass is 349 g/mol. The molecule has 5 nitrogen and oxygen atoms in total. The Labute approximate surface area is 150 Å². The Morgan fingerprint density at radius 3 is 2.72 bits per heavy atom. The molecule has 0 bridgehead atoms. The minimum absolute atomic E-state index is 0.0348. The molecule has 0 amide bonds. The number of para-hydroxylation sites is 1. The van der Waals surface area contributed by atoms with E-state index in [1.54, 1.807) is 14.2 Å². The van der Waals surface area contributed by atoms with Gasteiger partial charge in [0.05, 0.1) is 19.8 Å². The average Bonchev–Trinajstić information content (AvgIpc) is 2.64. The van der Waals surface area contributed by atoms with Crippen LogP contribution in [-0.4, -0.2) is 56.1 Å². The van der Waals surface area contributed by atoms with E-state index < -0.39 is 0 Å². The van der Waals surface area contributed by atoms with Crippen LogP contribution in [0.2, 0.25) is 0 Å². The summed E-state index contributed by atoms with van der Waals surface area (Å²) in [7, 11) is 3.37. The Morgan fingerprint density at radius 1 is 1.24 bits per heavy atom. The lowest BCUT2D eigenvalue weighted by Gasteiger charge is -2.46. The third kappa shape index (κ3) is 4.27. The van der Waals surface area contributed by atoms with Crippen molar-refractivity contribution in [3.8, 4) is 11.5 Å². The molecule has 1 N–H and O–H groups in total. The number of methoxy groups -OCH3 is 2. The Bertz CT molecular complexity index is 553. The lowest BCUT2D eigenvalue weighted by Crippen LogP contribution is -2.49. The molecule has 0 saturated carbocycles. The molecule has 2 saturated heterocycles. The maximum atomic E-state index is 9.23. The molecule has 0 aromatic heterocycles. The van der Waals surface area contributed by atoms with Gasteiger partial charge >= 0.3 is 0 Å². The van der Waals surface area contributed by atoms with Crippen molar-refractivity contribution in [1.82, 2.24) is 4.90 Å². The Morgan fingerprint density at radius 2 is 2.04 bits per heavy atom. The van der Waals surface area contributed by atoms with Crippen LogP contribution in [-0.2, 0) is 11.3 Å². The van der Waals surface area contributed by atoms with Crippen LogP contribution >= 0.6 is 0 Å². The molecular weight excluding hydrogens is 318 g/mol. The first kappa shape index (κ1) is 18.5. The van der Waals surface area contributed by atoms with Gasteiger partial charge in [0.15, 0.2) is 11.5 Å². The highest BCUT2D eigenvalue weighted by molar-refractivity contribution is 5.46. The van der Waals surface area contributed by atoms with Crippen LogP contribution in [0, 0.1) is 5.92 Å². The van der Waals surface area contributed by atoms with Crippen molar-refractivity contribution in [2.45, 2.75) is 44.2 Å². The fraction of sp³-hybridized carbons (Fsp3) is 0.700. The van der Waals surface area contributed by atoms with Crippen LogP contribution in [0.1, 0.15) is 37.7 Å². The minimum Gasteiger partial charge on any atom is -0.493 e. The molecule has 1 unspecified atom stereocenters. The van der Waals surface area contributed by atoms with Crippen LogP contribution in [0.25, 0.3) is 0 Å². The molecule has 2 aliphatic rings. The SMILES string of the molecule is COc1cccc(CN2CCC3(CC2)CC(CCO)CCO3)c1OC. The highest BCUT2D eigenvalue weighted by atomic mass is 16.5. The van der Waals surface area contributed by atoms with Crippen LogP contribution in [0.3, 0.4) is 0 Å². The molecular formula is C20H31NO4. The number of aliphatic hydroxyl groups is 1. The van der Waals surface area contributed by atoms with Gasteiger partial charge in [-0.15, -0.1) is 0 Å². The fourth-order valence-electron chi connectivity index (χ4n) is 4.34. The third-order valence-electron chi connectivity index (χ3n) is 5.78. The summed E-state index contributed by atoms with van der Waals surface area (Å²) >= 11 is 0. The van der Waals surface area contributed by atoms with E-state index in [0.717, 1.165) is 69.8 Å². The average molecular weight is 349 g/mol. The van der Waals surface area contributed by atoms with Crippen molar-refractivity contribution in [3.05, 3.63) is 23.8 Å². The van der Waals surface area contributed by atoms with Crippen molar-refractivity contribution in [3.63, 3.8) is 0 Å². The molecule has 25 heavy (non-hydrogen) atoms. The predicted molar refractivity (Wildman–Crippen MR) is 97.2 cm³/mol. The van der Waals surface area contributed by atoms with Gasteiger partial charge in [0, 0.05) is 38.4 Å². The van der Waals surface area contributed by atoms with Crippen LogP contribution in [0.4, 0.5) is 0 Å². The van der Waals surface area contributed by atoms with Gasteiger partial charge < -0.3 is 19.3 Å². The normalized spacial score (nSPS) is 23.6. The van der Waals surface area contributed by atoms with Gasteiger partial charge in [-0.25, -0.2) is 0 Å². The van der Waals surface area contributed by atoms with E-state index in [-0.39, 0.29) is 5.60 Å². The van der Waals surface area contributed by atoms with Gasteiger partial charge in [-0.2, -0.15) is 0 Å². The molecule has 2 fully saturated rings. The van der Waals surface area contributed by atoms with E-state index in [2.05, 4.69) is 11.0 Å². The van der Waals surface area contributed by atoms with Crippen molar-refractivity contribution >= 4 is 0 Å². The number of hydrogen-bond donors (Lipinski definition) is 1. The van der Waals surface area contributed by atoms with Gasteiger partial charge in [-0.1, -0.05) is 12.1 Å². The van der Waals surface area contributed by atoms with Gasteiger partial charge in [-0.05, 0) is 44.1 Å². The molecule has 2 aliphatic heterocycles. The molecule has 1 aromatic rings. The molecule has 0 aliphatic carbocycles. The van der Waals surface area contributed by atoms with Gasteiger partial charge in [-0.3, -0.25) is 4.90 Å². The van der Waals surface area contributed by atoms with Gasteiger partial charge in [0.25, 0.3) is 0 Å². The molecule has 3 rings (SSSR count). The summed E-state index contributed by atoms with van der Waals surface area (Å²) in [6, 6.07) is 6.07. The third-order valence-corrected chi connectivity index (χ3v) is 5.78. The second-order valence-electron chi connectivity index (χ2n) is 7.33. The molecule has 1 aromatic carbocycles. The zero-order valence-electron chi connectivity index (χ0n) is 15.5. The van der Waals surface area contributed by atoms with E-state index >= 15 is 0 Å². The summed E-state index contributed by atoms with van der Waals surface area (Å²) in [6.45, 7) is 4.08. The van der Waals surface area contributed by atoms with E-state index in [1.807, 2.05) is 12.1 Å². The summed E-state index contributed by atoms with van der Waals surface area (Å²) in [5, 5.41) is 9.23. The molecule has 0 radical (unpaired) electrons. The number of piperidine rings is 1. The number of likely N-dealkylation sites (tertiary alicyclic amines) is 1.